The van der Waals surface area contributed by atoms with Crippen molar-refractivity contribution in [2.45, 2.75) is 37.8 Å². The molecule has 3 nitrogen and oxygen atoms in total. The average molecular weight is 239 g/mol. The first kappa shape index (κ1) is 12.2. The molecule has 0 heterocycles. The van der Waals surface area contributed by atoms with E-state index in [0.29, 0.717) is 5.75 Å². The van der Waals surface area contributed by atoms with Crippen molar-refractivity contribution < 1.29 is 14.2 Å². The molecule has 1 aromatic rings. The Labute approximate surface area is 101 Å². The van der Waals surface area contributed by atoms with Gasteiger partial charge in [0, 0.05) is 6.07 Å². The average Bonchev–Trinajstić information content (AvgIpc) is 2.34. The molecule has 0 aliphatic heterocycles. The minimum atomic E-state index is -0.335. The highest BCUT2D eigenvalue weighted by Crippen LogP contribution is 2.29. The Balaban J connectivity index is 2.11. The third kappa shape index (κ3) is 2.88. The number of aliphatic hydroxyl groups excluding tert-OH is 1. The monoisotopic (exact) mass is 239 g/mol. The Morgan fingerprint density at radius 3 is 2.82 bits per heavy atom. The van der Waals surface area contributed by atoms with Gasteiger partial charge in [0.25, 0.3) is 0 Å². The van der Waals surface area contributed by atoms with Gasteiger partial charge in [-0.2, -0.15) is 0 Å². The number of aliphatic hydroxyl groups is 1. The topological polar surface area (TPSA) is 41.5 Å². The Kier molecular flexibility index (Phi) is 3.84. The molecule has 0 spiro atoms. The largest absolute Gasteiger partial charge is 0.494 e. The number of halogens is 1. The molecule has 4 heteroatoms. The van der Waals surface area contributed by atoms with Crippen LogP contribution in [0.15, 0.2) is 18.2 Å². The molecule has 0 radical (unpaired) electrons. The van der Waals surface area contributed by atoms with Gasteiger partial charge >= 0.3 is 0 Å². The Hall–Kier alpha value is -1.29. The summed E-state index contributed by atoms with van der Waals surface area (Å²) < 4.78 is 18.2. The van der Waals surface area contributed by atoms with Crippen molar-refractivity contribution >= 4 is 5.69 Å². The fourth-order valence-corrected chi connectivity index (χ4v) is 2.26. The molecule has 0 aromatic heterocycles. The normalized spacial score (nSPS) is 24.4. The van der Waals surface area contributed by atoms with Crippen LogP contribution in [0, 0.1) is 5.82 Å². The Bertz CT molecular complexity index is 384. The van der Waals surface area contributed by atoms with Crippen molar-refractivity contribution in [3.05, 3.63) is 24.0 Å². The zero-order valence-corrected chi connectivity index (χ0v) is 9.95. The Morgan fingerprint density at radius 1 is 1.35 bits per heavy atom. The molecule has 0 saturated heterocycles. The highest BCUT2D eigenvalue weighted by atomic mass is 19.1. The van der Waals surface area contributed by atoms with Gasteiger partial charge in [0.1, 0.15) is 11.6 Å². The van der Waals surface area contributed by atoms with Crippen LogP contribution in [0.2, 0.25) is 0 Å². The van der Waals surface area contributed by atoms with Gasteiger partial charge in [-0.3, -0.25) is 0 Å². The van der Waals surface area contributed by atoms with E-state index in [2.05, 4.69) is 5.32 Å². The van der Waals surface area contributed by atoms with Crippen LogP contribution in [0.25, 0.3) is 0 Å². The standard InChI is InChI=1S/C13H18FNO2/c1-17-13-8-9(14)6-7-11(13)15-10-4-2-3-5-12(10)16/h6-8,10,12,15-16H,2-5H2,1H3. The van der Waals surface area contributed by atoms with E-state index in [-0.39, 0.29) is 18.0 Å². The first-order valence-corrected chi connectivity index (χ1v) is 5.99. The number of rotatable bonds is 3. The van der Waals surface area contributed by atoms with E-state index in [1.807, 2.05) is 0 Å². The molecular formula is C13H18FNO2. The van der Waals surface area contributed by atoms with Crippen LogP contribution in [0.5, 0.6) is 5.75 Å². The fourth-order valence-electron chi connectivity index (χ4n) is 2.26. The predicted octanol–water partition coefficient (Wildman–Crippen LogP) is 2.55. The highest BCUT2D eigenvalue weighted by Gasteiger charge is 2.23. The number of benzene rings is 1. The number of hydrogen-bond donors (Lipinski definition) is 2. The van der Waals surface area contributed by atoms with Crippen molar-refractivity contribution in [3.63, 3.8) is 0 Å². The molecule has 1 saturated carbocycles. The second-order valence-corrected chi connectivity index (χ2v) is 4.45. The lowest BCUT2D eigenvalue weighted by atomic mass is 9.92. The lowest BCUT2D eigenvalue weighted by Gasteiger charge is -2.29. The summed E-state index contributed by atoms with van der Waals surface area (Å²) in [6.45, 7) is 0. The third-order valence-corrected chi connectivity index (χ3v) is 3.23. The maximum atomic E-state index is 13.0. The van der Waals surface area contributed by atoms with Gasteiger partial charge in [-0.05, 0) is 25.0 Å². The van der Waals surface area contributed by atoms with Gasteiger partial charge in [0.2, 0.25) is 0 Å². The lowest BCUT2D eigenvalue weighted by Crippen LogP contribution is -2.36. The van der Waals surface area contributed by atoms with Crippen molar-refractivity contribution in [1.82, 2.24) is 0 Å². The van der Waals surface area contributed by atoms with Crippen LogP contribution >= 0.6 is 0 Å². The molecule has 17 heavy (non-hydrogen) atoms. The summed E-state index contributed by atoms with van der Waals surface area (Å²) in [7, 11) is 1.51. The van der Waals surface area contributed by atoms with Gasteiger partial charge in [-0.25, -0.2) is 4.39 Å². The van der Waals surface area contributed by atoms with E-state index in [1.54, 1.807) is 6.07 Å². The molecule has 2 unspecified atom stereocenters. The summed E-state index contributed by atoms with van der Waals surface area (Å²) in [4.78, 5) is 0. The molecule has 94 valence electrons. The second kappa shape index (κ2) is 5.36. The van der Waals surface area contributed by atoms with Crippen LogP contribution in [-0.2, 0) is 0 Å². The summed E-state index contributed by atoms with van der Waals surface area (Å²) in [5, 5.41) is 13.1. The van der Waals surface area contributed by atoms with Crippen LogP contribution < -0.4 is 10.1 Å². The second-order valence-electron chi connectivity index (χ2n) is 4.45. The zero-order valence-electron chi connectivity index (χ0n) is 9.95. The smallest absolute Gasteiger partial charge is 0.144 e. The van der Waals surface area contributed by atoms with E-state index in [9.17, 15) is 9.50 Å². The summed E-state index contributed by atoms with van der Waals surface area (Å²) in [5.41, 5.74) is 0.736. The van der Waals surface area contributed by atoms with Gasteiger partial charge in [-0.1, -0.05) is 12.8 Å². The van der Waals surface area contributed by atoms with Crippen LogP contribution in [0.4, 0.5) is 10.1 Å². The lowest BCUT2D eigenvalue weighted by molar-refractivity contribution is 0.116. The number of nitrogens with one attached hydrogen (secondary N) is 1. The highest BCUT2D eigenvalue weighted by molar-refractivity contribution is 5.57. The van der Waals surface area contributed by atoms with E-state index in [4.69, 9.17) is 4.74 Å². The fraction of sp³-hybridized carbons (Fsp3) is 0.538. The van der Waals surface area contributed by atoms with Gasteiger partial charge in [0.05, 0.1) is 24.9 Å². The number of anilines is 1. The first-order valence-electron chi connectivity index (χ1n) is 5.99. The van der Waals surface area contributed by atoms with Crippen molar-refractivity contribution in [2.75, 3.05) is 12.4 Å². The van der Waals surface area contributed by atoms with Crippen LogP contribution in [0.3, 0.4) is 0 Å². The molecule has 2 atom stereocenters. The first-order chi connectivity index (χ1) is 8.20. The zero-order chi connectivity index (χ0) is 12.3. The summed E-state index contributed by atoms with van der Waals surface area (Å²) in [5.74, 6) is 0.152. The minimum Gasteiger partial charge on any atom is -0.494 e. The minimum absolute atomic E-state index is 0.0307. The molecule has 0 bridgehead atoms. The van der Waals surface area contributed by atoms with Gasteiger partial charge in [0.15, 0.2) is 0 Å². The van der Waals surface area contributed by atoms with Crippen LogP contribution in [0.1, 0.15) is 25.7 Å². The predicted molar refractivity (Wildman–Crippen MR) is 64.8 cm³/mol. The molecule has 2 N–H and O–H groups in total. The van der Waals surface area contributed by atoms with E-state index in [0.717, 1.165) is 31.4 Å². The summed E-state index contributed by atoms with van der Waals surface area (Å²) >= 11 is 0. The molecule has 1 aliphatic carbocycles. The van der Waals surface area contributed by atoms with Crippen molar-refractivity contribution in [3.8, 4) is 5.75 Å². The third-order valence-electron chi connectivity index (χ3n) is 3.23. The molecule has 0 amide bonds. The van der Waals surface area contributed by atoms with Crippen molar-refractivity contribution in [2.24, 2.45) is 0 Å². The summed E-state index contributed by atoms with van der Waals surface area (Å²) in [6.07, 6.45) is 3.60. The number of ether oxygens (including phenoxy) is 1. The maximum Gasteiger partial charge on any atom is 0.144 e. The number of methoxy groups -OCH3 is 1. The maximum absolute atomic E-state index is 13.0. The number of hydrogen-bond acceptors (Lipinski definition) is 3. The molecule has 1 fully saturated rings. The van der Waals surface area contributed by atoms with Gasteiger partial charge in [-0.15, -0.1) is 0 Å². The quantitative estimate of drug-likeness (QED) is 0.851. The van der Waals surface area contributed by atoms with Gasteiger partial charge < -0.3 is 15.2 Å². The molecule has 2 rings (SSSR count). The summed E-state index contributed by atoms with van der Waals surface area (Å²) in [6, 6.07) is 4.41. The Morgan fingerprint density at radius 2 is 2.12 bits per heavy atom. The van der Waals surface area contributed by atoms with Crippen molar-refractivity contribution in [1.29, 1.82) is 0 Å². The van der Waals surface area contributed by atoms with Crippen LogP contribution in [-0.4, -0.2) is 24.4 Å². The molecule has 1 aliphatic rings. The molecule has 1 aromatic carbocycles. The van der Waals surface area contributed by atoms with E-state index in [1.165, 1.54) is 19.2 Å². The SMILES string of the molecule is COc1cc(F)ccc1NC1CCCCC1O. The van der Waals surface area contributed by atoms with E-state index >= 15 is 0 Å². The van der Waals surface area contributed by atoms with E-state index < -0.39 is 0 Å². The molecular weight excluding hydrogens is 221 g/mol.